The summed E-state index contributed by atoms with van der Waals surface area (Å²) < 4.78 is 13.3. The van der Waals surface area contributed by atoms with Crippen LogP contribution in [0.25, 0.3) is 0 Å². The molecule has 6 heteroatoms. The summed E-state index contributed by atoms with van der Waals surface area (Å²) >= 11 is 5.95. The monoisotopic (exact) mass is 369 g/mol. The van der Waals surface area contributed by atoms with Gasteiger partial charge in [-0.2, -0.15) is 0 Å². The van der Waals surface area contributed by atoms with Gasteiger partial charge < -0.3 is 10.6 Å². The SMILES string of the molecule is O=C(NCCc1cccc(Cl)c1)c1cc(Nc2cccc(F)c2)ccn1. The maximum absolute atomic E-state index is 13.3. The number of aromatic nitrogens is 1. The van der Waals surface area contributed by atoms with E-state index in [1.807, 2.05) is 24.3 Å². The number of benzene rings is 2. The lowest BCUT2D eigenvalue weighted by molar-refractivity contribution is 0.0949. The number of hydrogen-bond acceptors (Lipinski definition) is 3. The number of carbonyl (C=O) groups excluding carboxylic acids is 1. The van der Waals surface area contributed by atoms with E-state index < -0.39 is 0 Å². The van der Waals surface area contributed by atoms with Gasteiger partial charge in [-0.05, 0) is 54.4 Å². The highest BCUT2D eigenvalue weighted by Crippen LogP contribution is 2.17. The highest BCUT2D eigenvalue weighted by atomic mass is 35.5. The zero-order valence-electron chi connectivity index (χ0n) is 13.9. The summed E-state index contributed by atoms with van der Waals surface area (Å²) in [5.74, 6) is -0.599. The molecule has 1 aromatic heterocycles. The first kappa shape index (κ1) is 17.9. The van der Waals surface area contributed by atoms with Crippen LogP contribution in [0.2, 0.25) is 5.02 Å². The summed E-state index contributed by atoms with van der Waals surface area (Å²) in [4.78, 5) is 16.4. The predicted molar refractivity (Wildman–Crippen MR) is 101 cm³/mol. The standard InChI is InChI=1S/C20H17ClFN3O/c21-15-4-1-3-14(11-15)7-9-24-20(26)19-13-18(8-10-23-19)25-17-6-2-5-16(22)12-17/h1-6,8,10-13H,7,9H2,(H,23,25)(H,24,26). The Morgan fingerprint density at radius 2 is 1.85 bits per heavy atom. The van der Waals surface area contributed by atoms with Crippen LogP contribution in [0.4, 0.5) is 15.8 Å². The molecule has 0 aliphatic rings. The maximum Gasteiger partial charge on any atom is 0.269 e. The van der Waals surface area contributed by atoms with Crippen molar-refractivity contribution in [1.29, 1.82) is 0 Å². The Hall–Kier alpha value is -2.92. The third-order valence-corrected chi connectivity index (χ3v) is 3.93. The van der Waals surface area contributed by atoms with Crippen molar-refractivity contribution < 1.29 is 9.18 Å². The largest absolute Gasteiger partial charge is 0.355 e. The van der Waals surface area contributed by atoms with Crippen molar-refractivity contribution in [3.63, 3.8) is 0 Å². The number of anilines is 2. The summed E-state index contributed by atoms with van der Waals surface area (Å²) in [5.41, 5.74) is 2.60. The number of nitrogens with one attached hydrogen (secondary N) is 2. The first-order valence-electron chi connectivity index (χ1n) is 8.11. The number of carbonyl (C=O) groups is 1. The Kier molecular flexibility index (Phi) is 5.81. The van der Waals surface area contributed by atoms with Crippen LogP contribution < -0.4 is 10.6 Å². The van der Waals surface area contributed by atoms with Crippen molar-refractivity contribution in [3.8, 4) is 0 Å². The van der Waals surface area contributed by atoms with Gasteiger partial charge in [-0.15, -0.1) is 0 Å². The third-order valence-electron chi connectivity index (χ3n) is 3.69. The molecule has 132 valence electrons. The lowest BCUT2D eigenvalue weighted by Gasteiger charge is -2.09. The van der Waals surface area contributed by atoms with Crippen LogP contribution in [-0.4, -0.2) is 17.4 Å². The van der Waals surface area contributed by atoms with Crippen molar-refractivity contribution in [2.75, 3.05) is 11.9 Å². The average molecular weight is 370 g/mol. The molecular weight excluding hydrogens is 353 g/mol. The van der Waals surface area contributed by atoms with Crippen LogP contribution in [0.1, 0.15) is 16.1 Å². The topological polar surface area (TPSA) is 54.0 Å². The van der Waals surface area contributed by atoms with Crippen LogP contribution in [0.15, 0.2) is 66.9 Å². The van der Waals surface area contributed by atoms with E-state index in [-0.39, 0.29) is 17.4 Å². The fraction of sp³-hybridized carbons (Fsp3) is 0.100. The van der Waals surface area contributed by atoms with E-state index in [2.05, 4.69) is 15.6 Å². The molecular formula is C20H17ClFN3O. The molecule has 0 aliphatic carbocycles. The zero-order valence-corrected chi connectivity index (χ0v) is 14.6. The van der Waals surface area contributed by atoms with Gasteiger partial charge in [-0.1, -0.05) is 29.8 Å². The van der Waals surface area contributed by atoms with Crippen molar-refractivity contribution in [2.45, 2.75) is 6.42 Å². The highest BCUT2D eigenvalue weighted by molar-refractivity contribution is 6.30. The van der Waals surface area contributed by atoms with E-state index in [0.29, 0.717) is 29.4 Å². The van der Waals surface area contributed by atoms with Gasteiger partial charge in [0.15, 0.2) is 0 Å². The second-order valence-corrected chi connectivity index (χ2v) is 6.14. The molecule has 3 rings (SSSR count). The fourth-order valence-corrected chi connectivity index (χ4v) is 2.68. The summed E-state index contributed by atoms with van der Waals surface area (Å²) in [5, 5.41) is 6.56. The smallest absolute Gasteiger partial charge is 0.269 e. The molecule has 0 unspecified atom stereocenters. The van der Waals surface area contributed by atoms with Gasteiger partial charge >= 0.3 is 0 Å². The lowest BCUT2D eigenvalue weighted by atomic mass is 10.1. The average Bonchev–Trinajstić information content (AvgIpc) is 2.62. The predicted octanol–water partition coefficient (Wildman–Crippen LogP) is 4.59. The van der Waals surface area contributed by atoms with Gasteiger partial charge in [-0.25, -0.2) is 4.39 Å². The van der Waals surface area contributed by atoms with Crippen molar-refractivity contribution >= 4 is 28.9 Å². The van der Waals surface area contributed by atoms with E-state index in [9.17, 15) is 9.18 Å². The quantitative estimate of drug-likeness (QED) is 0.668. The van der Waals surface area contributed by atoms with Crippen LogP contribution in [0, 0.1) is 5.82 Å². The zero-order chi connectivity index (χ0) is 18.4. The number of halogens is 2. The molecule has 2 aromatic carbocycles. The summed E-state index contributed by atoms with van der Waals surface area (Å²) in [6, 6.07) is 17.0. The molecule has 4 nitrogen and oxygen atoms in total. The van der Waals surface area contributed by atoms with Crippen molar-refractivity contribution in [1.82, 2.24) is 10.3 Å². The van der Waals surface area contributed by atoms with E-state index in [1.54, 1.807) is 24.3 Å². The molecule has 0 saturated heterocycles. The van der Waals surface area contributed by atoms with Gasteiger partial charge in [-0.3, -0.25) is 9.78 Å². The molecule has 0 radical (unpaired) electrons. The van der Waals surface area contributed by atoms with E-state index in [0.717, 1.165) is 5.56 Å². The number of pyridine rings is 1. The fourth-order valence-electron chi connectivity index (χ4n) is 2.47. The Morgan fingerprint density at radius 3 is 2.65 bits per heavy atom. The van der Waals surface area contributed by atoms with Gasteiger partial charge in [0.2, 0.25) is 0 Å². The second-order valence-electron chi connectivity index (χ2n) is 5.70. The third kappa shape index (κ3) is 5.04. The van der Waals surface area contributed by atoms with Gasteiger partial charge in [0.05, 0.1) is 0 Å². The van der Waals surface area contributed by atoms with E-state index >= 15 is 0 Å². The number of amides is 1. The minimum atomic E-state index is -0.331. The van der Waals surface area contributed by atoms with E-state index in [1.165, 1.54) is 18.3 Å². The lowest BCUT2D eigenvalue weighted by Crippen LogP contribution is -2.26. The van der Waals surface area contributed by atoms with Crippen LogP contribution >= 0.6 is 11.6 Å². The normalized spacial score (nSPS) is 10.4. The van der Waals surface area contributed by atoms with Crippen LogP contribution in [0.5, 0.6) is 0 Å². The molecule has 1 amide bonds. The minimum absolute atomic E-state index is 0.269. The van der Waals surface area contributed by atoms with Crippen molar-refractivity contribution in [3.05, 3.63) is 89.0 Å². The van der Waals surface area contributed by atoms with E-state index in [4.69, 9.17) is 11.6 Å². The Bertz CT molecular complexity index is 917. The Morgan fingerprint density at radius 1 is 1.04 bits per heavy atom. The molecule has 26 heavy (non-hydrogen) atoms. The van der Waals surface area contributed by atoms with Crippen molar-refractivity contribution in [2.24, 2.45) is 0 Å². The minimum Gasteiger partial charge on any atom is -0.355 e. The van der Waals surface area contributed by atoms with Gasteiger partial charge in [0.1, 0.15) is 11.5 Å². The van der Waals surface area contributed by atoms with Gasteiger partial charge in [0.25, 0.3) is 5.91 Å². The molecule has 0 spiro atoms. The second kappa shape index (κ2) is 8.45. The van der Waals surface area contributed by atoms with Gasteiger partial charge in [0, 0.05) is 29.1 Å². The first-order valence-corrected chi connectivity index (χ1v) is 8.49. The Balaban J connectivity index is 1.59. The molecule has 0 atom stereocenters. The molecule has 0 bridgehead atoms. The molecule has 2 N–H and O–H groups in total. The Labute approximate surface area is 156 Å². The number of nitrogens with zero attached hydrogens (tertiary/aromatic N) is 1. The number of rotatable bonds is 6. The molecule has 0 fully saturated rings. The maximum atomic E-state index is 13.3. The highest BCUT2D eigenvalue weighted by Gasteiger charge is 2.08. The molecule has 3 aromatic rings. The molecule has 1 heterocycles. The summed E-state index contributed by atoms with van der Waals surface area (Å²) in [6.07, 6.45) is 2.21. The van der Waals surface area contributed by atoms with Crippen LogP contribution in [-0.2, 0) is 6.42 Å². The van der Waals surface area contributed by atoms with Crippen LogP contribution in [0.3, 0.4) is 0 Å². The molecule has 0 aliphatic heterocycles. The molecule has 0 saturated carbocycles. The number of hydrogen-bond donors (Lipinski definition) is 2. The summed E-state index contributed by atoms with van der Waals surface area (Å²) in [6.45, 7) is 0.475. The first-order chi connectivity index (χ1) is 12.6. The summed E-state index contributed by atoms with van der Waals surface area (Å²) in [7, 11) is 0.